The van der Waals surface area contributed by atoms with E-state index in [9.17, 15) is 0 Å². The monoisotopic (exact) mass is 317 g/mol. The van der Waals surface area contributed by atoms with Crippen molar-refractivity contribution in [2.24, 2.45) is 0 Å². The molecule has 5 heteroatoms. The summed E-state index contributed by atoms with van der Waals surface area (Å²) in [6.07, 6.45) is 2.36. The molecule has 1 N–H and O–H groups in total. The average molecular weight is 318 g/mol. The normalized spacial score (nSPS) is 12.5. The Bertz CT molecular complexity index is 736. The molecule has 3 nitrogen and oxygen atoms in total. The minimum Gasteiger partial charge on any atom is -0.361 e. The van der Waals surface area contributed by atoms with Crippen molar-refractivity contribution in [1.29, 1.82) is 0 Å². The number of halogens is 1. The number of hydrogen-bond acceptors (Lipinski definition) is 4. The summed E-state index contributed by atoms with van der Waals surface area (Å²) in [5.74, 6) is 0.702. The average Bonchev–Trinajstić information content (AvgIpc) is 2.93. The zero-order chi connectivity index (χ0) is 14.8. The summed E-state index contributed by atoms with van der Waals surface area (Å²) in [4.78, 5) is 9.72. The van der Waals surface area contributed by atoms with E-state index in [0.717, 1.165) is 12.1 Å². The minimum atomic E-state index is 0.152. The summed E-state index contributed by atoms with van der Waals surface area (Å²) >= 11 is 8.13. The molecule has 1 atom stereocenters. The Morgan fingerprint density at radius 3 is 2.86 bits per heavy atom. The van der Waals surface area contributed by atoms with Crippen molar-refractivity contribution in [1.82, 2.24) is 9.97 Å². The lowest BCUT2D eigenvalue weighted by atomic mass is 10.2. The molecule has 0 fully saturated rings. The van der Waals surface area contributed by atoms with Crippen LogP contribution < -0.4 is 5.32 Å². The van der Waals surface area contributed by atoms with Crippen LogP contribution in [0.25, 0.3) is 10.1 Å². The lowest BCUT2D eigenvalue weighted by Gasteiger charge is -2.14. The Morgan fingerprint density at radius 2 is 2.10 bits per heavy atom. The Balaban J connectivity index is 1.87. The van der Waals surface area contributed by atoms with E-state index in [4.69, 9.17) is 11.6 Å². The number of thiophene rings is 1. The molecule has 2 aromatic heterocycles. The van der Waals surface area contributed by atoms with Gasteiger partial charge in [0.1, 0.15) is 17.2 Å². The van der Waals surface area contributed by atoms with Crippen molar-refractivity contribution in [3.63, 3.8) is 0 Å². The Labute approximate surface area is 133 Å². The second-order valence-electron chi connectivity index (χ2n) is 4.89. The first-order valence-electron chi connectivity index (χ1n) is 6.93. The van der Waals surface area contributed by atoms with Crippen molar-refractivity contribution >= 4 is 38.8 Å². The van der Waals surface area contributed by atoms with Crippen LogP contribution in [0.15, 0.2) is 36.7 Å². The molecular formula is C16H16ClN3S. The van der Waals surface area contributed by atoms with E-state index in [1.165, 1.54) is 15.0 Å². The summed E-state index contributed by atoms with van der Waals surface area (Å²) in [5, 5.41) is 5.28. The molecular weight excluding hydrogens is 302 g/mol. The molecule has 0 aliphatic rings. The summed E-state index contributed by atoms with van der Waals surface area (Å²) in [6.45, 7) is 4.15. The van der Waals surface area contributed by atoms with E-state index in [1.54, 1.807) is 17.7 Å². The molecule has 0 aliphatic heterocycles. The van der Waals surface area contributed by atoms with Gasteiger partial charge in [-0.15, -0.1) is 11.3 Å². The van der Waals surface area contributed by atoms with Gasteiger partial charge in [0.05, 0.1) is 11.7 Å². The van der Waals surface area contributed by atoms with Gasteiger partial charge in [-0.2, -0.15) is 0 Å². The van der Waals surface area contributed by atoms with Crippen molar-refractivity contribution in [3.05, 3.63) is 52.3 Å². The van der Waals surface area contributed by atoms with E-state index in [-0.39, 0.29) is 6.04 Å². The third-order valence-electron chi connectivity index (χ3n) is 3.42. The fourth-order valence-electron chi connectivity index (χ4n) is 2.25. The van der Waals surface area contributed by atoms with Crippen LogP contribution in [0.2, 0.25) is 5.02 Å². The van der Waals surface area contributed by atoms with Crippen molar-refractivity contribution < 1.29 is 0 Å². The van der Waals surface area contributed by atoms with E-state index in [2.05, 4.69) is 52.5 Å². The van der Waals surface area contributed by atoms with Gasteiger partial charge in [-0.3, -0.25) is 0 Å². The number of nitrogens with one attached hydrogen (secondary N) is 1. The van der Waals surface area contributed by atoms with Gasteiger partial charge in [0, 0.05) is 9.58 Å². The molecule has 0 spiro atoms. The molecule has 21 heavy (non-hydrogen) atoms. The first-order chi connectivity index (χ1) is 10.2. The van der Waals surface area contributed by atoms with Crippen LogP contribution in [0.1, 0.15) is 30.5 Å². The molecule has 0 saturated carbocycles. The molecule has 0 bridgehead atoms. The maximum atomic E-state index is 6.34. The molecule has 0 radical (unpaired) electrons. The predicted molar refractivity (Wildman–Crippen MR) is 90.3 cm³/mol. The summed E-state index contributed by atoms with van der Waals surface area (Å²) in [7, 11) is 0. The van der Waals surface area contributed by atoms with Crippen molar-refractivity contribution in [2.75, 3.05) is 5.32 Å². The van der Waals surface area contributed by atoms with Gasteiger partial charge in [0.2, 0.25) is 0 Å². The highest BCUT2D eigenvalue weighted by Crippen LogP contribution is 2.32. The molecule has 108 valence electrons. The first kappa shape index (κ1) is 14.3. The highest BCUT2D eigenvalue weighted by Gasteiger charge is 2.13. The van der Waals surface area contributed by atoms with Crippen molar-refractivity contribution in [2.45, 2.75) is 26.3 Å². The Hall–Kier alpha value is -1.65. The van der Waals surface area contributed by atoms with Crippen LogP contribution in [0.3, 0.4) is 0 Å². The van der Waals surface area contributed by atoms with Crippen LogP contribution in [0.5, 0.6) is 0 Å². The van der Waals surface area contributed by atoms with Crippen LogP contribution in [-0.2, 0) is 6.42 Å². The first-order valence-corrected chi connectivity index (χ1v) is 8.13. The van der Waals surface area contributed by atoms with Crippen LogP contribution in [-0.4, -0.2) is 9.97 Å². The van der Waals surface area contributed by atoms with Gasteiger partial charge in [-0.05, 0) is 30.9 Å². The van der Waals surface area contributed by atoms with E-state index in [0.29, 0.717) is 10.8 Å². The lowest BCUT2D eigenvalue weighted by Crippen LogP contribution is -2.08. The zero-order valence-electron chi connectivity index (χ0n) is 11.9. The molecule has 0 aliphatic carbocycles. The third-order valence-corrected chi connectivity index (χ3v) is 5.12. The number of fused-ring (bicyclic) bond motifs is 1. The van der Waals surface area contributed by atoms with Crippen LogP contribution in [0, 0.1) is 0 Å². The highest BCUT2D eigenvalue weighted by molar-refractivity contribution is 7.19. The van der Waals surface area contributed by atoms with Crippen molar-refractivity contribution in [3.8, 4) is 0 Å². The fraction of sp³-hybridized carbons (Fsp3) is 0.250. The SMILES string of the molecule is CCc1ncnc(NC(C)c2cc3ccccc3s2)c1Cl. The maximum Gasteiger partial charge on any atom is 0.149 e. The summed E-state index contributed by atoms with van der Waals surface area (Å²) in [6, 6.07) is 10.8. The number of aromatic nitrogens is 2. The zero-order valence-corrected chi connectivity index (χ0v) is 13.5. The minimum absolute atomic E-state index is 0.152. The smallest absolute Gasteiger partial charge is 0.149 e. The molecule has 3 aromatic rings. The molecule has 1 aromatic carbocycles. The van der Waals surface area contributed by atoms with Gasteiger partial charge in [-0.25, -0.2) is 9.97 Å². The summed E-state index contributed by atoms with van der Waals surface area (Å²) < 4.78 is 1.30. The number of rotatable bonds is 4. The quantitative estimate of drug-likeness (QED) is 0.729. The number of nitrogens with zero attached hydrogens (tertiary/aromatic N) is 2. The topological polar surface area (TPSA) is 37.8 Å². The molecule has 3 rings (SSSR count). The highest BCUT2D eigenvalue weighted by atomic mass is 35.5. The maximum absolute atomic E-state index is 6.34. The molecule has 0 saturated heterocycles. The van der Waals surface area contributed by atoms with Crippen LogP contribution >= 0.6 is 22.9 Å². The predicted octanol–water partition coefficient (Wildman–Crippen LogP) is 5.08. The largest absolute Gasteiger partial charge is 0.361 e. The fourth-order valence-corrected chi connectivity index (χ4v) is 3.60. The van der Waals surface area contributed by atoms with E-state index in [1.807, 2.05) is 6.92 Å². The van der Waals surface area contributed by atoms with E-state index >= 15 is 0 Å². The number of benzene rings is 1. The molecule has 0 amide bonds. The van der Waals surface area contributed by atoms with Gasteiger partial charge < -0.3 is 5.32 Å². The Morgan fingerprint density at radius 1 is 1.29 bits per heavy atom. The van der Waals surface area contributed by atoms with Crippen LogP contribution in [0.4, 0.5) is 5.82 Å². The molecule has 2 heterocycles. The third kappa shape index (κ3) is 2.87. The van der Waals surface area contributed by atoms with E-state index < -0.39 is 0 Å². The Kier molecular flexibility index (Phi) is 4.08. The standard InChI is InChI=1S/C16H16ClN3S/c1-3-12-15(17)16(19-9-18-12)20-10(2)14-8-11-6-4-5-7-13(11)21-14/h4-10H,3H2,1-2H3,(H,18,19,20). The van der Waals surface area contributed by atoms with Gasteiger partial charge in [0.15, 0.2) is 0 Å². The number of anilines is 1. The second kappa shape index (κ2) is 6.00. The van der Waals surface area contributed by atoms with Gasteiger partial charge >= 0.3 is 0 Å². The number of aryl methyl sites for hydroxylation is 1. The summed E-state index contributed by atoms with van der Waals surface area (Å²) in [5.41, 5.74) is 0.873. The lowest BCUT2D eigenvalue weighted by molar-refractivity contribution is 0.886. The van der Waals surface area contributed by atoms with Gasteiger partial charge in [0.25, 0.3) is 0 Å². The van der Waals surface area contributed by atoms with Gasteiger partial charge in [-0.1, -0.05) is 36.7 Å². The molecule has 1 unspecified atom stereocenters. The number of hydrogen-bond donors (Lipinski definition) is 1. The second-order valence-corrected chi connectivity index (χ2v) is 6.38.